The van der Waals surface area contributed by atoms with E-state index in [1.807, 2.05) is 0 Å². The van der Waals surface area contributed by atoms with E-state index in [0.717, 1.165) is 12.1 Å². The van der Waals surface area contributed by atoms with Gasteiger partial charge in [-0.25, -0.2) is 12.8 Å². The van der Waals surface area contributed by atoms with Crippen molar-refractivity contribution in [1.29, 1.82) is 0 Å². The van der Waals surface area contributed by atoms with Crippen LogP contribution in [0.3, 0.4) is 0 Å². The molecule has 0 heterocycles. The molecule has 0 aliphatic heterocycles. The number of rotatable bonds is 5. The van der Waals surface area contributed by atoms with Crippen LogP contribution in [0.1, 0.15) is 31.1 Å². The Kier molecular flexibility index (Phi) is 4.68. The van der Waals surface area contributed by atoms with E-state index in [2.05, 4.69) is 0 Å². The molecule has 1 aromatic carbocycles. The van der Waals surface area contributed by atoms with Crippen LogP contribution in [0.2, 0.25) is 0 Å². The van der Waals surface area contributed by atoms with Gasteiger partial charge in [0, 0.05) is 0 Å². The quantitative estimate of drug-likeness (QED) is 0.780. The highest BCUT2D eigenvalue weighted by Gasteiger charge is 2.28. The van der Waals surface area contributed by atoms with E-state index in [1.165, 1.54) is 6.07 Å². The molecule has 0 atom stereocenters. The summed E-state index contributed by atoms with van der Waals surface area (Å²) >= 11 is 0. The molecule has 4 nitrogen and oxygen atoms in total. The van der Waals surface area contributed by atoms with E-state index in [0.29, 0.717) is 6.29 Å². The van der Waals surface area contributed by atoms with Crippen LogP contribution in [0.4, 0.5) is 4.39 Å². The lowest BCUT2D eigenvalue weighted by Gasteiger charge is -2.19. The third-order valence-electron chi connectivity index (χ3n) is 2.64. The van der Waals surface area contributed by atoms with Gasteiger partial charge in [-0.1, -0.05) is 0 Å². The average Bonchev–Trinajstić information content (AvgIpc) is 2.29. The second-order valence-electron chi connectivity index (χ2n) is 5.08. The molecule has 106 valence electrons. The highest BCUT2D eigenvalue weighted by Crippen LogP contribution is 2.19. The zero-order valence-electron chi connectivity index (χ0n) is 11.1. The Labute approximate surface area is 112 Å². The molecule has 0 fully saturated rings. The smallest absolute Gasteiger partial charge is 0.158 e. The van der Waals surface area contributed by atoms with Crippen LogP contribution in [0, 0.1) is 5.82 Å². The number of ether oxygens (including phenoxy) is 1. The van der Waals surface area contributed by atoms with Crippen LogP contribution in [0.15, 0.2) is 18.2 Å². The minimum absolute atomic E-state index is 0.0631. The summed E-state index contributed by atoms with van der Waals surface area (Å²) in [5, 5.41) is 0. The van der Waals surface area contributed by atoms with Crippen molar-refractivity contribution in [2.75, 3.05) is 12.4 Å². The van der Waals surface area contributed by atoms with Gasteiger partial charge >= 0.3 is 0 Å². The molecule has 0 amide bonds. The van der Waals surface area contributed by atoms with Crippen molar-refractivity contribution < 1.29 is 22.3 Å². The van der Waals surface area contributed by atoms with Crippen molar-refractivity contribution in [1.82, 2.24) is 0 Å². The lowest BCUT2D eigenvalue weighted by atomic mass is 10.2. The molecule has 0 saturated heterocycles. The van der Waals surface area contributed by atoms with Gasteiger partial charge < -0.3 is 4.74 Å². The number of benzene rings is 1. The first-order chi connectivity index (χ1) is 8.67. The Hall–Kier alpha value is -1.43. The standard InChI is InChI=1S/C13H17FO4S/c1-13(2,3)19(16,17)7-6-18-12-5-4-11(14)8-10(12)9-15/h4-5,8-9H,6-7H2,1-3H3. The number of aldehydes is 1. The lowest BCUT2D eigenvalue weighted by Crippen LogP contribution is -2.32. The first kappa shape index (κ1) is 15.6. The zero-order chi connectivity index (χ0) is 14.7. The van der Waals surface area contributed by atoms with Crippen LogP contribution < -0.4 is 4.74 Å². The summed E-state index contributed by atoms with van der Waals surface area (Å²) in [6.45, 7) is 4.75. The average molecular weight is 288 g/mol. The van der Waals surface area contributed by atoms with Crippen molar-refractivity contribution in [2.24, 2.45) is 0 Å². The second-order valence-corrected chi connectivity index (χ2v) is 7.94. The number of carbonyl (C=O) groups excluding carboxylic acids is 1. The van der Waals surface area contributed by atoms with Gasteiger partial charge in [-0.2, -0.15) is 0 Å². The highest BCUT2D eigenvalue weighted by atomic mass is 32.2. The molecule has 0 saturated carbocycles. The third kappa shape index (κ3) is 4.02. The number of sulfone groups is 1. The number of halogens is 1. The lowest BCUT2D eigenvalue weighted by molar-refractivity contribution is 0.111. The summed E-state index contributed by atoms with van der Waals surface area (Å²) in [4.78, 5) is 10.7. The molecule has 19 heavy (non-hydrogen) atoms. The van der Waals surface area contributed by atoms with Crippen molar-refractivity contribution >= 4 is 16.1 Å². The molecular formula is C13H17FO4S. The molecule has 0 radical (unpaired) electrons. The Bertz CT molecular complexity index is 558. The normalized spacial score (nSPS) is 12.2. The van der Waals surface area contributed by atoms with Crippen LogP contribution in [0.5, 0.6) is 5.75 Å². The van der Waals surface area contributed by atoms with E-state index < -0.39 is 20.4 Å². The predicted octanol–water partition coefficient (Wildman–Crippen LogP) is 2.23. The first-order valence-electron chi connectivity index (χ1n) is 5.77. The Morgan fingerprint density at radius 2 is 1.95 bits per heavy atom. The van der Waals surface area contributed by atoms with E-state index in [4.69, 9.17) is 4.74 Å². The maximum Gasteiger partial charge on any atom is 0.158 e. The zero-order valence-corrected chi connectivity index (χ0v) is 12.0. The van der Waals surface area contributed by atoms with E-state index in [-0.39, 0.29) is 23.7 Å². The SMILES string of the molecule is CC(C)(C)S(=O)(=O)CCOc1ccc(F)cc1C=O. The molecule has 1 rings (SSSR count). The summed E-state index contributed by atoms with van der Waals surface area (Å²) in [5.74, 6) is -0.524. The van der Waals surface area contributed by atoms with Crippen molar-refractivity contribution in [3.63, 3.8) is 0 Å². The summed E-state index contributed by atoms with van der Waals surface area (Å²) in [7, 11) is -3.28. The van der Waals surface area contributed by atoms with E-state index in [9.17, 15) is 17.6 Å². The van der Waals surface area contributed by atoms with Crippen molar-refractivity contribution in [3.8, 4) is 5.75 Å². The molecule has 1 aromatic rings. The molecule has 0 N–H and O–H groups in total. The second kappa shape index (κ2) is 5.69. The van der Waals surface area contributed by atoms with Crippen LogP contribution >= 0.6 is 0 Å². The Morgan fingerprint density at radius 3 is 2.47 bits per heavy atom. The van der Waals surface area contributed by atoms with Crippen molar-refractivity contribution in [3.05, 3.63) is 29.6 Å². The van der Waals surface area contributed by atoms with Gasteiger partial charge in [-0.05, 0) is 39.0 Å². The van der Waals surface area contributed by atoms with Crippen LogP contribution in [0.25, 0.3) is 0 Å². The minimum atomic E-state index is -3.28. The molecule has 0 spiro atoms. The summed E-state index contributed by atoms with van der Waals surface area (Å²) < 4.78 is 41.0. The van der Waals surface area contributed by atoms with Crippen LogP contribution in [-0.2, 0) is 9.84 Å². The molecular weight excluding hydrogens is 271 g/mol. The molecule has 6 heteroatoms. The van der Waals surface area contributed by atoms with Gasteiger partial charge in [-0.15, -0.1) is 0 Å². The Balaban J connectivity index is 2.72. The number of hydrogen-bond acceptors (Lipinski definition) is 4. The van der Waals surface area contributed by atoms with Gasteiger partial charge in [-0.3, -0.25) is 4.79 Å². The number of carbonyl (C=O) groups is 1. The fourth-order valence-electron chi connectivity index (χ4n) is 1.31. The van der Waals surface area contributed by atoms with Gasteiger partial charge in [0.1, 0.15) is 18.2 Å². The molecule has 0 bridgehead atoms. The predicted molar refractivity (Wildman–Crippen MR) is 70.8 cm³/mol. The monoisotopic (exact) mass is 288 g/mol. The summed E-state index contributed by atoms with van der Waals surface area (Å²) in [5.41, 5.74) is 0.0631. The van der Waals surface area contributed by atoms with E-state index >= 15 is 0 Å². The maximum atomic E-state index is 12.9. The minimum Gasteiger partial charge on any atom is -0.492 e. The third-order valence-corrected chi connectivity index (χ3v) is 5.21. The summed E-state index contributed by atoms with van der Waals surface area (Å²) in [6.07, 6.45) is 0.469. The molecule has 0 aliphatic carbocycles. The van der Waals surface area contributed by atoms with E-state index in [1.54, 1.807) is 20.8 Å². The molecule has 0 aliphatic rings. The maximum absolute atomic E-state index is 12.9. The van der Waals surface area contributed by atoms with Gasteiger partial charge in [0.2, 0.25) is 0 Å². The first-order valence-corrected chi connectivity index (χ1v) is 7.42. The molecule has 0 aromatic heterocycles. The van der Waals surface area contributed by atoms with Gasteiger partial charge in [0.05, 0.1) is 16.1 Å². The topological polar surface area (TPSA) is 60.4 Å². The highest BCUT2D eigenvalue weighted by molar-refractivity contribution is 7.92. The fourth-order valence-corrected chi connectivity index (χ4v) is 2.23. The number of hydrogen-bond donors (Lipinski definition) is 0. The van der Waals surface area contributed by atoms with Gasteiger partial charge in [0.25, 0.3) is 0 Å². The fraction of sp³-hybridized carbons (Fsp3) is 0.462. The summed E-state index contributed by atoms with van der Waals surface area (Å²) in [6, 6.07) is 3.50. The van der Waals surface area contributed by atoms with Crippen LogP contribution in [-0.4, -0.2) is 31.8 Å². The van der Waals surface area contributed by atoms with Crippen molar-refractivity contribution in [2.45, 2.75) is 25.5 Å². The largest absolute Gasteiger partial charge is 0.492 e. The Morgan fingerprint density at radius 1 is 1.32 bits per heavy atom. The molecule has 0 unspecified atom stereocenters. The van der Waals surface area contributed by atoms with Gasteiger partial charge in [0.15, 0.2) is 16.1 Å².